The van der Waals surface area contributed by atoms with Crippen LogP contribution in [0.1, 0.15) is 51.8 Å². The first-order valence-corrected chi connectivity index (χ1v) is 7.57. The second-order valence-corrected chi connectivity index (χ2v) is 5.58. The Labute approximate surface area is 119 Å². The number of fused-ring (bicyclic) bond motifs is 1. The molecule has 1 aliphatic rings. The van der Waals surface area contributed by atoms with Crippen molar-refractivity contribution in [3.8, 4) is 0 Å². The summed E-state index contributed by atoms with van der Waals surface area (Å²) >= 11 is 0. The molecule has 1 aromatic heterocycles. The van der Waals surface area contributed by atoms with Gasteiger partial charge in [-0.05, 0) is 26.2 Å². The summed E-state index contributed by atoms with van der Waals surface area (Å²) in [7, 11) is 0. The van der Waals surface area contributed by atoms with Crippen LogP contribution in [-0.2, 0) is 24.3 Å². The van der Waals surface area contributed by atoms with Crippen LogP contribution in [0.2, 0.25) is 0 Å². The number of nitrogens with one attached hydrogen (secondary N) is 1. The molecule has 0 spiro atoms. The van der Waals surface area contributed by atoms with Crippen LogP contribution in [0, 0.1) is 0 Å². The summed E-state index contributed by atoms with van der Waals surface area (Å²) in [5.74, 6) is 0.684. The van der Waals surface area contributed by atoms with Crippen molar-refractivity contribution in [3.05, 3.63) is 16.3 Å². The van der Waals surface area contributed by atoms with Crippen molar-refractivity contribution >= 4 is 5.91 Å². The fraction of sp³-hybridized carbons (Fsp3) is 0.786. The minimum Gasteiger partial charge on any atom is -0.352 e. The van der Waals surface area contributed by atoms with E-state index in [4.69, 9.17) is 0 Å². The van der Waals surface area contributed by atoms with Crippen molar-refractivity contribution in [1.82, 2.24) is 19.7 Å². The van der Waals surface area contributed by atoms with Gasteiger partial charge >= 0.3 is 5.69 Å². The molecule has 1 aromatic rings. The molecule has 20 heavy (non-hydrogen) atoms. The first-order chi connectivity index (χ1) is 9.61. The van der Waals surface area contributed by atoms with E-state index in [2.05, 4.69) is 17.3 Å². The molecule has 0 aromatic carbocycles. The van der Waals surface area contributed by atoms with E-state index in [9.17, 15) is 9.59 Å². The molecule has 0 saturated heterocycles. The van der Waals surface area contributed by atoms with Crippen molar-refractivity contribution in [1.29, 1.82) is 0 Å². The van der Waals surface area contributed by atoms with Crippen LogP contribution in [0.3, 0.4) is 0 Å². The molecule has 112 valence electrons. The van der Waals surface area contributed by atoms with Crippen LogP contribution in [0.4, 0.5) is 0 Å². The lowest BCUT2D eigenvalue weighted by atomic mass is 10.2. The molecule has 2 heterocycles. The average Bonchev–Trinajstić information content (AvgIpc) is 2.58. The lowest BCUT2D eigenvalue weighted by Crippen LogP contribution is -2.38. The molecule has 1 atom stereocenters. The third-order valence-corrected chi connectivity index (χ3v) is 3.70. The van der Waals surface area contributed by atoms with Gasteiger partial charge in [0.1, 0.15) is 12.4 Å². The zero-order valence-corrected chi connectivity index (χ0v) is 12.4. The summed E-state index contributed by atoms with van der Waals surface area (Å²) in [6.45, 7) is 4.81. The van der Waals surface area contributed by atoms with E-state index < -0.39 is 0 Å². The predicted molar refractivity (Wildman–Crippen MR) is 76.6 cm³/mol. The highest BCUT2D eigenvalue weighted by molar-refractivity contribution is 5.75. The van der Waals surface area contributed by atoms with E-state index in [1.54, 1.807) is 4.57 Å². The van der Waals surface area contributed by atoms with Crippen LogP contribution in [0.5, 0.6) is 0 Å². The third-order valence-electron chi connectivity index (χ3n) is 3.70. The lowest BCUT2D eigenvalue weighted by Gasteiger charge is -2.12. The number of hydrogen-bond donors (Lipinski definition) is 1. The average molecular weight is 280 g/mol. The maximum atomic E-state index is 12.2. The van der Waals surface area contributed by atoms with Crippen molar-refractivity contribution in [2.75, 3.05) is 0 Å². The predicted octanol–water partition coefficient (Wildman–Crippen LogP) is 1.08. The van der Waals surface area contributed by atoms with Gasteiger partial charge in [-0.25, -0.2) is 9.48 Å². The molecule has 1 amide bonds. The van der Waals surface area contributed by atoms with Crippen LogP contribution in [0.25, 0.3) is 0 Å². The SMILES string of the molecule is CCCC(C)NC(=O)Cn1nc2n(c1=O)CCCCC2. The minimum atomic E-state index is -0.153. The molecule has 0 saturated carbocycles. The molecule has 0 fully saturated rings. The van der Waals surface area contributed by atoms with Crippen molar-refractivity contribution in [2.45, 2.75) is 71.5 Å². The number of amides is 1. The highest BCUT2D eigenvalue weighted by atomic mass is 16.2. The van der Waals surface area contributed by atoms with Gasteiger partial charge in [-0.1, -0.05) is 19.8 Å². The summed E-state index contributed by atoms with van der Waals surface area (Å²) < 4.78 is 3.02. The number of hydrogen-bond acceptors (Lipinski definition) is 3. The summed E-state index contributed by atoms with van der Waals surface area (Å²) in [4.78, 5) is 24.1. The molecule has 1 unspecified atom stereocenters. The van der Waals surface area contributed by atoms with Gasteiger partial charge in [0.2, 0.25) is 5.91 Å². The molecule has 0 bridgehead atoms. The Hall–Kier alpha value is -1.59. The Bertz CT molecular complexity index is 518. The fourth-order valence-corrected chi connectivity index (χ4v) is 2.69. The van der Waals surface area contributed by atoms with Crippen LogP contribution in [0.15, 0.2) is 4.79 Å². The van der Waals surface area contributed by atoms with Crippen molar-refractivity contribution < 1.29 is 4.79 Å². The van der Waals surface area contributed by atoms with Crippen molar-refractivity contribution in [3.63, 3.8) is 0 Å². The first kappa shape index (κ1) is 14.8. The topological polar surface area (TPSA) is 68.9 Å². The molecular formula is C14H24N4O2. The minimum absolute atomic E-state index is 0.0207. The highest BCUT2D eigenvalue weighted by Crippen LogP contribution is 2.10. The number of carbonyl (C=O) groups is 1. The van der Waals surface area contributed by atoms with Gasteiger partial charge in [-0.2, -0.15) is 5.10 Å². The second kappa shape index (κ2) is 6.72. The van der Waals surface area contributed by atoms with Gasteiger partial charge in [-0.3, -0.25) is 9.36 Å². The summed E-state index contributed by atoms with van der Waals surface area (Å²) in [6, 6.07) is 0.142. The zero-order valence-electron chi connectivity index (χ0n) is 12.4. The number of carbonyl (C=O) groups excluding carboxylic acids is 1. The van der Waals surface area contributed by atoms with Crippen LogP contribution in [-0.4, -0.2) is 26.3 Å². The van der Waals surface area contributed by atoms with E-state index in [1.165, 1.54) is 4.68 Å². The highest BCUT2D eigenvalue weighted by Gasteiger charge is 2.17. The number of rotatable bonds is 5. The Morgan fingerprint density at radius 2 is 2.20 bits per heavy atom. The quantitative estimate of drug-likeness (QED) is 0.877. The molecule has 0 radical (unpaired) electrons. The Morgan fingerprint density at radius 1 is 1.40 bits per heavy atom. The summed E-state index contributed by atoms with van der Waals surface area (Å²) in [5.41, 5.74) is -0.153. The monoisotopic (exact) mass is 280 g/mol. The summed E-state index contributed by atoms with van der Waals surface area (Å²) in [5, 5.41) is 7.21. The Kier molecular flexibility index (Phi) is 4.98. The van der Waals surface area contributed by atoms with E-state index in [-0.39, 0.29) is 24.2 Å². The normalized spacial score (nSPS) is 16.3. The Balaban J connectivity index is 2.03. The maximum absolute atomic E-state index is 12.2. The molecule has 6 heteroatoms. The molecule has 2 rings (SSSR count). The maximum Gasteiger partial charge on any atom is 0.346 e. The largest absolute Gasteiger partial charge is 0.352 e. The third kappa shape index (κ3) is 3.49. The van der Waals surface area contributed by atoms with Gasteiger partial charge in [0.15, 0.2) is 0 Å². The molecule has 0 aliphatic carbocycles. The summed E-state index contributed by atoms with van der Waals surface area (Å²) in [6.07, 6.45) is 6.02. The number of nitrogens with zero attached hydrogens (tertiary/aromatic N) is 3. The van der Waals surface area contributed by atoms with Gasteiger partial charge in [-0.15, -0.1) is 0 Å². The van der Waals surface area contributed by atoms with Gasteiger partial charge in [0.05, 0.1) is 0 Å². The van der Waals surface area contributed by atoms with Crippen molar-refractivity contribution in [2.24, 2.45) is 0 Å². The first-order valence-electron chi connectivity index (χ1n) is 7.57. The van der Waals surface area contributed by atoms with Gasteiger partial charge in [0.25, 0.3) is 0 Å². The fourth-order valence-electron chi connectivity index (χ4n) is 2.69. The van der Waals surface area contributed by atoms with Gasteiger partial charge in [0, 0.05) is 19.0 Å². The standard InChI is InChI=1S/C14H24N4O2/c1-3-7-11(2)15-13(19)10-18-14(20)17-9-6-4-5-8-12(17)16-18/h11H,3-10H2,1-2H3,(H,15,19). The van der Waals surface area contributed by atoms with E-state index in [1.807, 2.05) is 6.92 Å². The number of aromatic nitrogens is 3. The van der Waals surface area contributed by atoms with E-state index in [0.29, 0.717) is 0 Å². The van der Waals surface area contributed by atoms with E-state index in [0.717, 1.165) is 50.9 Å². The Morgan fingerprint density at radius 3 is 2.95 bits per heavy atom. The molecular weight excluding hydrogens is 256 g/mol. The number of aryl methyl sites for hydroxylation is 1. The van der Waals surface area contributed by atoms with E-state index >= 15 is 0 Å². The molecule has 1 N–H and O–H groups in total. The second-order valence-electron chi connectivity index (χ2n) is 5.58. The van der Waals surface area contributed by atoms with Crippen LogP contribution >= 0.6 is 0 Å². The lowest BCUT2D eigenvalue weighted by molar-refractivity contribution is -0.122. The smallest absolute Gasteiger partial charge is 0.346 e. The van der Waals surface area contributed by atoms with Crippen LogP contribution < -0.4 is 11.0 Å². The van der Waals surface area contributed by atoms with Gasteiger partial charge < -0.3 is 5.32 Å². The zero-order chi connectivity index (χ0) is 14.5. The molecule has 1 aliphatic heterocycles. The molecule has 6 nitrogen and oxygen atoms in total.